The molecule has 106 valence electrons. The van der Waals surface area contributed by atoms with Crippen LogP contribution in [0.2, 0.25) is 0 Å². The molecule has 1 spiro atoms. The number of nitrogens with zero attached hydrogens (tertiary/aromatic N) is 1. The molecule has 1 saturated heterocycles. The molecule has 0 radical (unpaired) electrons. The first kappa shape index (κ1) is 14.7. The lowest BCUT2D eigenvalue weighted by molar-refractivity contribution is 0.207. The lowest BCUT2D eigenvalue weighted by Gasteiger charge is -2.33. The van der Waals surface area contributed by atoms with Crippen molar-refractivity contribution in [1.82, 2.24) is 10.2 Å². The second-order valence-corrected chi connectivity index (χ2v) is 7.08. The number of unbranched alkanes of at least 4 members (excludes halogenated alkanes) is 2. The van der Waals surface area contributed by atoms with E-state index in [1.165, 1.54) is 83.3 Å². The SMILES string of the molecule is CSCCCCCN1CCCNC2(CCCC2)C1. The van der Waals surface area contributed by atoms with Crippen molar-refractivity contribution in [2.45, 2.75) is 56.9 Å². The molecule has 0 bridgehead atoms. The maximum atomic E-state index is 3.85. The van der Waals surface area contributed by atoms with Crippen molar-refractivity contribution in [3.05, 3.63) is 0 Å². The van der Waals surface area contributed by atoms with Gasteiger partial charge in [-0.3, -0.25) is 0 Å². The summed E-state index contributed by atoms with van der Waals surface area (Å²) >= 11 is 1.98. The van der Waals surface area contributed by atoms with Gasteiger partial charge in [-0.2, -0.15) is 11.8 Å². The van der Waals surface area contributed by atoms with Crippen LogP contribution in [0.5, 0.6) is 0 Å². The molecule has 0 aromatic heterocycles. The van der Waals surface area contributed by atoms with E-state index in [1.807, 2.05) is 11.8 Å². The van der Waals surface area contributed by atoms with Gasteiger partial charge in [0.05, 0.1) is 0 Å². The molecule has 1 aliphatic heterocycles. The van der Waals surface area contributed by atoms with Crippen LogP contribution in [0.1, 0.15) is 51.4 Å². The van der Waals surface area contributed by atoms with Crippen LogP contribution >= 0.6 is 11.8 Å². The lowest BCUT2D eigenvalue weighted by atomic mass is 9.97. The molecule has 1 aliphatic carbocycles. The van der Waals surface area contributed by atoms with Crippen molar-refractivity contribution < 1.29 is 0 Å². The Morgan fingerprint density at radius 2 is 1.94 bits per heavy atom. The summed E-state index contributed by atoms with van der Waals surface area (Å²) < 4.78 is 0. The molecule has 1 N–H and O–H groups in total. The predicted octanol–water partition coefficient (Wildman–Crippen LogP) is 3.13. The average molecular weight is 270 g/mol. The topological polar surface area (TPSA) is 15.3 Å². The smallest absolute Gasteiger partial charge is 0.0308 e. The molecule has 2 aliphatic rings. The third kappa shape index (κ3) is 4.43. The van der Waals surface area contributed by atoms with Gasteiger partial charge in [-0.05, 0) is 63.7 Å². The minimum atomic E-state index is 0.496. The Labute approximate surface area is 117 Å². The van der Waals surface area contributed by atoms with Crippen molar-refractivity contribution >= 4 is 11.8 Å². The van der Waals surface area contributed by atoms with Gasteiger partial charge in [-0.1, -0.05) is 19.3 Å². The molecule has 0 aromatic rings. The van der Waals surface area contributed by atoms with Crippen LogP contribution in [-0.4, -0.2) is 48.6 Å². The van der Waals surface area contributed by atoms with E-state index in [0.29, 0.717) is 5.54 Å². The van der Waals surface area contributed by atoms with Crippen molar-refractivity contribution in [3.8, 4) is 0 Å². The minimum Gasteiger partial charge on any atom is -0.310 e. The quantitative estimate of drug-likeness (QED) is 0.747. The predicted molar refractivity (Wildman–Crippen MR) is 82.5 cm³/mol. The Balaban J connectivity index is 1.70. The maximum absolute atomic E-state index is 3.85. The maximum Gasteiger partial charge on any atom is 0.0308 e. The van der Waals surface area contributed by atoms with Gasteiger partial charge in [0.15, 0.2) is 0 Å². The zero-order chi connectivity index (χ0) is 12.7. The summed E-state index contributed by atoms with van der Waals surface area (Å²) in [7, 11) is 0. The molecule has 0 unspecified atom stereocenters. The van der Waals surface area contributed by atoms with Gasteiger partial charge in [0.2, 0.25) is 0 Å². The van der Waals surface area contributed by atoms with Crippen molar-refractivity contribution in [3.63, 3.8) is 0 Å². The molecule has 1 heterocycles. The average Bonchev–Trinajstić information content (AvgIpc) is 2.72. The summed E-state index contributed by atoms with van der Waals surface area (Å²) in [6.07, 6.45) is 13.5. The van der Waals surface area contributed by atoms with Crippen LogP contribution < -0.4 is 5.32 Å². The molecule has 0 atom stereocenters. The molecule has 0 aromatic carbocycles. The second-order valence-electron chi connectivity index (χ2n) is 6.10. The van der Waals surface area contributed by atoms with E-state index >= 15 is 0 Å². The Hall–Kier alpha value is 0.270. The number of rotatable bonds is 6. The number of hydrogen-bond donors (Lipinski definition) is 1. The normalized spacial score (nSPS) is 24.5. The summed E-state index contributed by atoms with van der Waals surface area (Å²) in [5.41, 5.74) is 0.496. The first-order valence-electron chi connectivity index (χ1n) is 7.81. The summed E-state index contributed by atoms with van der Waals surface area (Å²) in [4.78, 5) is 2.74. The van der Waals surface area contributed by atoms with Crippen LogP contribution in [0.4, 0.5) is 0 Å². The first-order chi connectivity index (χ1) is 8.85. The molecule has 2 fully saturated rings. The van der Waals surface area contributed by atoms with Crippen LogP contribution in [0.3, 0.4) is 0 Å². The van der Waals surface area contributed by atoms with Gasteiger partial charge in [0.1, 0.15) is 0 Å². The van der Waals surface area contributed by atoms with Crippen molar-refractivity contribution in [2.24, 2.45) is 0 Å². The summed E-state index contributed by atoms with van der Waals surface area (Å²) in [5.74, 6) is 1.34. The van der Waals surface area contributed by atoms with Gasteiger partial charge < -0.3 is 10.2 Å². The Kier molecular flexibility index (Phi) is 6.33. The van der Waals surface area contributed by atoms with Gasteiger partial charge in [0, 0.05) is 12.1 Å². The standard InChI is InChI=1S/C15H30N2S/c1-18-13-6-2-5-11-17-12-7-10-16-15(14-17)8-3-4-9-15/h16H,2-14H2,1H3. The largest absolute Gasteiger partial charge is 0.310 e. The highest BCUT2D eigenvalue weighted by atomic mass is 32.2. The number of nitrogens with one attached hydrogen (secondary N) is 1. The van der Waals surface area contributed by atoms with E-state index in [4.69, 9.17) is 0 Å². The summed E-state index contributed by atoms with van der Waals surface area (Å²) in [6, 6.07) is 0. The highest BCUT2D eigenvalue weighted by molar-refractivity contribution is 7.98. The summed E-state index contributed by atoms with van der Waals surface area (Å²) in [6.45, 7) is 5.20. The molecule has 18 heavy (non-hydrogen) atoms. The summed E-state index contributed by atoms with van der Waals surface area (Å²) in [5, 5.41) is 3.85. The lowest BCUT2D eigenvalue weighted by Crippen LogP contribution is -2.49. The zero-order valence-electron chi connectivity index (χ0n) is 12.0. The minimum absolute atomic E-state index is 0.496. The Morgan fingerprint density at radius 1 is 1.11 bits per heavy atom. The monoisotopic (exact) mass is 270 g/mol. The fourth-order valence-corrected chi connectivity index (χ4v) is 4.05. The number of hydrogen-bond acceptors (Lipinski definition) is 3. The van der Waals surface area contributed by atoms with E-state index in [1.54, 1.807) is 0 Å². The van der Waals surface area contributed by atoms with E-state index in [-0.39, 0.29) is 0 Å². The van der Waals surface area contributed by atoms with Gasteiger partial charge in [-0.25, -0.2) is 0 Å². The fraction of sp³-hybridized carbons (Fsp3) is 1.00. The molecule has 0 amide bonds. The van der Waals surface area contributed by atoms with E-state index in [9.17, 15) is 0 Å². The van der Waals surface area contributed by atoms with Crippen molar-refractivity contribution in [2.75, 3.05) is 38.2 Å². The van der Waals surface area contributed by atoms with Gasteiger partial charge in [-0.15, -0.1) is 0 Å². The Morgan fingerprint density at radius 3 is 2.72 bits per heavy atom. The highest BCUT2D eigenvalue weighted by Gasteiger charge is 2.35. The molecule has 2 rings (SSSR count). The van der Waals surface area contributed by atoms with Gasteiger partial charge >= 0.3 is 0 Å². The van der Waals surface area contributed by atoms with Crippen LogP contribution in [0, 0.1) is 0 Å². The molecule has 2 nitrogen and oxygen atoms in total. The number of thioether (sulfide) groups is 1. The van der Waals surface area contributed by atoms with Gasteiger partial charge in [0.25, 0.3) is 0 Å². The first-order valence-corrected chi connectivity index (χ1v) is 9.20. The zero-order valence-corrected chi connectivity index (χ0v) is 12.9. The third-order valence-electron chi connectivity index (χ3n) is 4.56. The van der Waals surface area contributed by atoms with Crippen molar-refractivity contribution in [1.29, 1.82) is 0 Å². The molecule has 3 heteroatoms. The molecular weight excluding hydrogens is 240 g/mol. The second kappa shape index (κ2) is 7.76. The van der Waals surface area contributed by atoms with Crippen LogP contribution in [0.25, 0.3) is 0 Å². The van der Waals surface area contributed by atoms with E-state index in [0.717, 1.165) is 0 Å². The van der Waals surface area contributed by atoms with Crippen LogP contribution in [0.15, 0.2) is 0 Å². The molecule has 1 saturated carbocycles. The van der Waals surface area contributed by atoms with E-state index < -0.39 is 0 Å². The fourth-order valence-electron chi connectivity index (χ4n) is 3.56. The molecular formula is C15H30N2S. The highest BCUT2D eigenvalue weighted by Crippen LogP contribution is 2.31. The van der Waals surface area contributed by atoms with Crippen LogP contribution in [-0.2, 0) is 0 Å². The Bertz CT molecular complexity index is 227. The van der Waals surface area contributed by atoms with E-state index in [2.05, 4.69) is 16.5 Å². The third-order valence-corrected chi connectivity index (χ3v) is 5.26.